The van der Waals surface area contributed by atoms with Crippen LogP contribution in [0, 0.1) is 6.92 Å². The number of hydrogen-bond donors (Lipinski definition) is 2. The SMILES string of the molecule is Cc1cccc(CCNCc2cccc(CN)c2)c1. The molecule has 2 nitrogen and oxygen atoms in total. The number of hydrogen-bond acceptors (Lipinski definition) is 2. The molecule has 0 unspecified atom stereocenters. The summed E-state index contributed by atoms with van der Waals surface area (Å²) in [5.74, 6) is 0. The fraction of sp³-hybridized carbons (Fsp3) is 0.294. The van der Waals surface area contributed by atoms with Gasteiger partial charge in [0.1, 0.15) is 0 Å². The van der Waals surface area contributed by atoms with Gasteiger partial charge in [-0.15, -0.1) is 0 Å². The molecule has 0 aliphatic heterocycles. The average Bonchev–Trinajstić information content (AvgIpc) is 2.44. The van der Waals surface area contributed by atoms with Gasteiger partial charge >= 0.3 is 0 Å². The highest BCUT2D eigenvalue weighted by atomic mass is 14.8. The van der Waals surface area contributed by atoms with Crippen molar-refractivity contribution in [3.8, 4) is 0 Å². The molecule has 2 heteroatoms. The fourth-order valence-corrected chi connectivity index (χ4v) is 2.20. The van der Waals surface area contributed by atoms with Crippen LogP contribution >= 0.6 is 0 Å². The van der Waals surface area contributed by atoms with Gasteiger partial charge in [-0.25, -0.2) is 0 Å². The van der Waals surface area contributed by atoms with Crippen LogP contribution in [0.4, 0.5) is 0 Å². The van der Waals surface area contributed by atoms with E-state index in [1.807, 2.05) is 0 Å². The summed E-state index contributed by atoms with van der Waals surface area (Å²) in [6, 6.07) is 17.1. The summed E-state index contributed by atoms with van der Waals surface area (Å²) >= 11 is 0. The predicted octanol–water partition coefficient (Wildman–Crippen LogP) is 2.79. The van der Waals surface area contributed by atoms with Gasteiger partial charge in [-0.3, -0.25) is 0 Å². The second-order valence-electron chi connectivity index (χ2n) is 4.94. The first-order chi connectivity index (χ1) is 9.28. The van der Waals surface area contributed by atoms with Gasteiger partial charge in [0.05, 0.1) is 0 Å². The Morgan fingerprint density at radius 3 is 2.47 bits per heavy atom. The minimum atomic E-state index is 0.608. The van der Waals surface area contributed by atoms with Crippen LogP contribution in [0.3, 0.4) is 0 Å². The van der Waals surface area contributed by atoms with Gasteiger partial charge in [0.25, 0.3) is 0 Å². The van der Waals surface area contributed by atoms with Gasteiger partial charge < -0.3 is 11.1 Å². The minimum Gasteiger partial charge on any atom is -0.326 e. The Bertz CT molecular complexity index is 520. The van der Waals surface area contributed by atoms with E-state index in [0.717, 1.165) is 19.5 Å². The van der Waals surface area contributed by atoms with Gasteiger partial charge in [-0.05, 0) is 36.6 Å². The van der Waals surface area contributed by atoms with Crippen molar-refractivity contribution in [2.75, 3.05) is 6.54 Å². The Kier molecular flexibility index (Phi) is 5.13. The molecule has 0 amide bonds. The average molecular weight is 254 g/mol. The Morgan fingerprint density at radius 1 is 0.947 bits per heavy atom. The van der Waals surface area contributed by atoms with E-state index in [2.05, 4.69) is 60.8 Å². The standard InChI is InChI=1S/C17H22N2/c1-14-4-2-5-15(10-14)8-9-19-13-17-7-3-6-16(11-17)12-18/h2-7,10-11,19H,8-9,12-13,18H2,1H3. The van der Waals surface area contributed by atoms with E-state index in [-0.39, 0.29) is 0 Å². The third-order valence-corrected chi connectivity index (χ3v) is 3.23. The van der Waals surface area contributed by atoms with Gasteiger partial charge in [0.2, 0.25) is 0 Å². The van der Waals surface area contributed by atoms with Crippen molar-refractivity contribution in [3.63, 3.8) is 0 Å². The Morgan fingerprint density at radius 2 is 1.68 bits per heavy atom. The van der Waals surface area contributed by atoms with Crippen molar-refractivity contribution >= 4 is 0 Å². The van der Waals surface area contributed by atoms with Crippen LogP contribution in [0.1, 0.15) is 22.3 Å². The van der Waals surface area contributed by atoms with Crippen LogP contribution in [-0.2, 0) is 19.5 Å². The van der Waals surface area contributed by atoms with Crippen LogP contribution in [0.5, 0.6) is 0 Å². The largest absolute Gasteiger partial charge is 0.326 e. The fourth-order valence-electron chi connectivity index (χ4n) is 2.20. The number of rotatable bonds is 6. The molecule has 2 aromatic carbocycles. The second-order valence-corrected chi connectivity index (χ2v) is 4.94. The Hall–Kier alpha value is -1.64. The van der Waals surface area contributed by atoms with E-state index in [9.17, 15) is 0 Å². The van der Waals surface area contributed by atoms with Crippen LogP contribution in [0.15, 0.2) is 48.5 Å². The number of aryl methyl sites for hydroxylation is 1. The van der Waals surface area contributed by atoms with Crippen molar-refractivity contribution in [1.29, 1.82) is 0 Å². The molecular weight excluding hydrogens is 232 g/mol. The Labute approximate surface area is 115 Å². The predicted molar refractivity (Wildman–Crippen MR) is 80.9 cm³/mol. The highest BCUT2D eigenvalue weighted by molar-refractivity contribution is 5.24. The number of benzene rings is 2. The molecule has 0 fully saturated rings. The van der Waals surface area contributed by atoms with E-state index >= 15 is 0 Å². The summed E-state index contributed by atoms with van der Waals surface area (Å²) in [4.78, 5) is 0. The normalized spacial score (nSPS) is 10.6. The lowest BCUT2D eigenvalue weighted by atomic mass is 10.1. The first-order valence-electron chi connectivity index (χ1n) is 6.82. The molecule has 19 heavy (non-hydrogen) atoms. The van der Waals surface area contributed by atoms with Gasteiger partial charge in [0.15, 0.2) is 0 Å². The molecule has 2 rings (SSSR count). The topological polar surface area (TPSA) is 38.0 Å². The van der Waals surface area contributed by atoms with E-state index in [4.69, 9.17) is 5.73 Å². The van der Waals surface area contributed by atoms with Crippen LogP contribution in [0.25, 0.3) is 0 Å². The number of nitrogens with one attached hydrogen (secondary N) is 1. The lowest BCUT2D eigenvalue weighted by Gasteiger charge is -2.07. The molecule has 0 spiro atoms. The monoisotopic (exact) mass is 254 g/mol. The third-order valence-electron chi connectivity index (χ3n) is 3.23. The van der Waals surface area contributed by atoms with Crippen LogP contribution in [-0.4, -0.2) is 6.54 Å². The van der Waals surface area contributed by atoms with Crippen molar-refractivity contribution in [1.82, 2.24) is 5.32 Å². The minimum absolute atomic E-state index is 0.608. The molecule has 0 radical (unpaired) electrons. The second kappa shape index (κ2) is 7.07. The summed E-state index contributed by atoms with van der Waals surface area (Å²) in [7, 11) is 0. The summed E-state index contributed by atoms with van der Waals surface area (Å²) < 4.78 is 0. The first kappa shape index (κ1) is 13.8. The molecule has 0 aliphatic rings. The molecule has 0 atom stereocenters. The zero-order valence-electron chi connectivity index (χ0n) is 11.5. The van der Waals surface area contributed by atoms with E-state index < -0.39 is 0 Å². The lowest BCUT2D eigenvalue weighted by Crippen LogP contribution is -2.16. The van der Waals surface area contributed by atoms with Gasteiger partial charge in [-0.1, -0.05) is 54.1 Å². The maximum Gasteiger partial charge on any atom is 0.0205 e. The van der Waals surface area contributed by atoms with Gasteiger partial charge in [0, 0.05) is 13.1 Å². The molecule has 2 aromatic rings. The molecule has 100 valence electrons. The van der Waals surface area contributed by atoms with E-state index in [1.165, 1.54) is 22.3 Å². The highest BCUT2D eigenvalue weighted by Gasteiger charge is 1.96. The lowest BCUT2D eigenvalue weighted by molar-refractivity contribution is 0.686. The molecule has 0 heterocycles. The summed E-state index contributed by atoms with van der Waals surface area (Å²) in [6.07, 6.45) is 1.07. The number of nitrogens with two attached hydrogens (primary N) is 1. The van der Waals surface area contributed by atoms with Gasteiger partial charge in [-0.2, -0.15) is 0 Å². The Balaban J connectivity index is 1.77. The molecule has 0 bridgehead atoms. The van der Waals surface area contributed by atoms with Crippen molar-refractivity contribution in [3.05, 3.63) is 70.8 Å². The molecule has 3 N–H and O–H groups in total. The van der Waals surface area contributed by atoms with Crippen LogP contribution in [0.2, 0.25) is 0 Å². The molecule has 0 aliphatic carbocycles. The zero-order chi connectivity index (χ0) is 13.5. The van der Waals surface area contributed by atoms with Crippen molar-refractivity contribution in [2.24, 2.45) is 5.73 Å². The third kappa shape index (κ3) is 4.51. The first-order valence-corrected chi connectivity index (χ1v) is 6.82. The molecule has 0 saturated carbocycles. The summed E-state index contributed by atoms with van der Waals surface area (Å²) in [5.41, 5.74) is 10.9. The van der Waals surface area contributed by atoms with Crippen molar-refractivity contribution < 1.29 is 0 Å². The quantitative estimate of drug-likeness (QED) is 0.778. The van der Waals surface area contributed by atoms with Crippen molar-refractivity contribution in [2.45, 2.75) is 26.4 Å². The summed E-state index contributed by atoms with van der Waals surface area (Å²) in [6.45, 7) is 4.64. The smallest absolute Gasteiger partial charge is 0.0205 e. The molecule has 0 aromatic heterocycles. The molecular formula is C17H22N2. The maximum absolute atomic E-state index is 5.64. The van der Waals surface area contributed by atoms with E-state index in [1.54, 1.807) is 0 Å². The highest BCUT2D eigenvalue weighted by Crippen LogP contribution is 2.06. The maximum atomic E-state index is 5.64. The molecule has 0 saturated heterocycles. The summed E-state index contributed by atoms with van der Waals surface area (Å²) in [5, 5.41) is 3.48. The van der Waals surface area contributed by atoms with Crippen LogP contribution < -0.4 is 11.1 Å². The van der Waals surface area contributed by atoms with E-state index in [0.29, 0.717) is 6.54 Å². The zero-order valence-corrected chi connectivity index (χ0v) is 11.5.